The van der Waals surface area contributed by atoms with Gasteiger partial charge in [-0.1, -0.05) is 0 Å². The molecule has 102 valence electrons. The first-order chi connectivity index (χ1) is 8.90. The van der Waals surface area contributed by atoms with Crippen molar-refractivity contribution in [2.24, 2.45) is 5.73 Å². The van der Waals surface area contributed by atoms with Crippen LogP contribution < -0.4 is 5.73 Å². The lowest BCUT2D eigenvalue weighted by Crippen LogP contribution is -2.32. The van der Waals surface area contributed by atoms with E-state index >= 15 is 0 Å². The summed E-state index contributed by atoms with van der Waals surface area (Å²) in [4.78, 5) is 23.7. The van der Waals surface area contributed by atoms with E-state index in [2.05, 4.69) is 0 Å². The molecule has 0 aliphatic carbocycles. The van der Waals surface area contributed by atoms with Gasteiger partial charge in [0, 0.05) is 31.3 Å². The van der Waals surface area contributed by atoms with E-state index in [4.69, 9.17) is 5.73 Å². The number of non-ortho nitro benzene ring substituents is 1. The van der Waals surface area contributed by atoms with Gasteiger partial charge in [0.1, 0.15) is 5.82 Å². The second-order valence-corrected chi connectivity index (χ2v) is 4.68. The Morgan fingerprint density at radius 1 is 1.58 bits per heavy atom. The standard InChI is InChI=1S/C12H14FN3O3/c1-7-4-9(16(18)19)5-10(11(7)13)12(17)15-3-2-8(14)6-15/h4-5,8H,2-3,6,14H2,1H3. The maximum absolute atomic E-state index is 13.9. The number of benzene rings is 1. The van der Waals surface area contributed by atoms with Gasteiger partial charge < -0.3 is 10.6 Å². The average Bonchev–Trinajstić information content (AvgIpc) is 2.78. The molecule has 0 saturated carbocycles. The first-order valence-electron chi connectivity index (χ1n) is 5.89. The Kier molecular flexibility index (Phi) is 3.48. The van der Waals surface area contributed by atoms with Crippen LogP contribution in [-0.4, -0.2) is 34.9 Å². The Morgan fingerprint density at radius 2 is 2.26 bits per heavy atom. The summed E-state index contributed by atoms with van der Waals surface area (Å²) in [5.74, 6) is -1.26. The third-order valence-electron chi connectivity index (χ3n) is 3.19. The molecule has 2 rings (SSSR count). The molecular weight excluding hydrogens is 253 g/mol. The fraction of sp³-hybridized carbons (Fsp3) is 0.417. The molecule has 1 amide bonds. The first-order valence-corrected chi connectivity index (χ1v) is 5.89. The predicted octanol–water partition coefficient (Wildman–Crippen LogP) is 1.22. The van der Waals surface area contributed by atoms with Crippen LogP contribution in [0, 0.1) is 22.9 Å². The minimum Gasteiger partial charge on any atom is -0.337 e. The number of nitrogens with two attached hydrogens (primary N) is 1. The summed E-state index contributed by atoms with van der Waals surface area (Å²) < 4.78 is 13.9. The number of nitrogens with zero attached hydrogens (tertiary/aromatic N) is 2. The molecule has 1 unspecified atom stereocenters. The van der Waals surface area contributed by atoms with E-state index in [0.29, 0.717) is 19.5 Å². The van der Waals surface area contributed by atoms with Gasteiger partial charge in [0.15, 0.2) is 0 Å². The highest BCUT2D eigenvalue weighted by Crippen LogP contribution is 2.23. The maximum atomic E-state index is 13.9. The van der Waals surface area contributed by atoms with Gasteiger partial charge in [-0.15, -0.1) is 0 Å². The van der Waals surface area contributed by atoms with E-state index in [-0.39, 0.29) is 22.9 Å². The summed E-state index contributed by atoms with van der Waals surface area (Å²) in [6.07, 6.45) is 0.654. The van der Waals surface area contributed by atoms with Gasteiger partial charge >= 0.3 is 0 Å². The highest BCUT2D eigenvalue weighted by atomic mass is 19.1. The fourth-order valence-corrected chi connectivity index (χ4v) is 2.15. The van der Waals surface area contributed by atoms with Crippen molar-refractivity contribution in [3.8, 4) is 0 Å². The fourth-order valence-electron chi connectivity index (χ4n) is 2.15. The summed E-state index contributed by atoms with van der Waals surface area (Å²) in [5, 5.41) is 10.8. The number of rotatable bonds is 2. The summed E-state index contributed by atoms with van der Waals surface area (Å²) in [7, 11) is 0. The second kappa shape index (κ2) is 4.93. The maximum Gasteiger partial charge on any atom is 0.270 e. The van der Waals surface area contributed by atoms with Crippen molar-refractivity contribution in [3.63, 3.8) is 0 Å². The lowest BCUT2D eigenvalue weighted by Gasteiger charge is -2.16. The molecule has 6 nitrogen and oxygen atoms in total. The van der Waals surface area contributed by atoms with Gasteiger partial charge in [0.05, 0.1) is 10.5 Å². The SMILES string of the molecule is Cc1cc([N+](=O)[O-])cc(C(=O)N2CCC(N)C2)c1F. The van der Waals surface area contributed by atoms with Crippen LogP contribution in [0.25, 0.3) is 0 Å². The molecule has 1 aliphatic heterocycles. The quantitative estimate of drug-likeness (QED) is 0.644. The van der Waals surface area contributed by atoms with Gasteiger partial charge in [0.25, 0.3) is 11.6 Å². The van der Waals surface area contributed by atoms with Gasteiger partial charge in [-0.05, 0) is 18.9 Å². The van der Waals surface area contributed by atoms with Crippen LogP contribution in [0.4, 0.5) is 10.1 Å². The van der Waals surface area contributed by atoms with Crippen LogP contribution in [0.1, 0.15) is 22.3 Å². The van der Waals surface area contributed by atoms with Crippen LogP contribution in [0.5, 0.6) is 0 Å². The molecule has 1 saturated heterocycles. The topological polar surface area (TPSA) is 89.5 Å². The Hall–Kier alpha value is -2.02. The van der Waals surface area contributed by atoms with E-state index in [1.54, 1.807) is 0 Å². The number of halogens is 1. The van der Waals surface area contributed by atoms with Crippen molar-refractivity contribution in [1.82, 2.24) is 4.90 Å². The highest BCUT2D eigenvalue weighted by molar-refractivity contribution is 5.95. The third-order valence-corrected chi connectivity index (χ3v) is 3.19. The molecule has 2 N–H and O–H groups in total. The van der Waals surface area contributed by atoms with Crippen molar-refractivity contribution < 1.29 is 14.1 Å². The molecule has 1 aromatic rings. The number of carbonyl (C=O) groups is 1. The van der Waals surface area contributed by atoms with Crippen LogP contribution in [-0.2, 0) is 0 Å². The zero-order valence-corrected chi connectivity index (χ0v) is 10.4. The number of carbonyl (C=O) groups excluding carboxylic acids is 1. The number of hydrogen-bond acceptors (Lipinski definition) is 4. The summed E-state index contributed by atoms with van der Waals surface area (Å²) in [6.45, 7) is 2.19. The lowest BCUT2D eigenvalue weighted by atomic mass is 10.1. The number of likely N-dealkylation sites (tertiary alicyclic amines) is 1. The summed E-state index contributed by atoms with van der Waals surface area (Å²) in [5.41, 5.74) is 5.23. The molecule has 19 heavy (non-hydrogen) atoms. The van der Waals surface area contributed by atoms with Crippen LogP contribution >= 0.6 is 0 Å². The summed E-state index contributed by atoms with van der Waals surface area (Å²) >= 11 is 0. The Morgan fingerprint density at radius 3 is 2.79 bits per heavy atom. The van der Waals surface area contributed by atoms with Crippen LogP contribution in [0.15, 0.2) is 12.1 Å². The predicted molar refractivity (Wildman–Crippen MR) is 66.3 cm³/mol. The van der Waals surface area contributed by atoms with Crippen LogP contribution in [0.2, 0.25) is 0 Å². The van der Waals surface area contributed by atoms with Crippen LogP contribution in [0.3, 0.4) is 0 Å². The number of aryl methyl sites for hydroxylation is 1. The van der Waals surface area contributed by atoms with Crippen molar-refractivity contribution in [2.75, 3.05) is 13.1 Å². The Balaban J connectivity index is 2.38. The number of hydrogen-bond donors (Lipinski definition) is 1. The van der Waals surface area contributed by atoms with Crippen molar-refractivity contribution in [2.45, 2.75) is 19.4 Å². The highest BCUT2D eigenvalue weighted by Gasteiger charge is 2.28. The molecule has 1 aromatic carbocycles. The average molecular weight is 267 g/mol. The molecule has 1 aliphatic rings. The molecule has 1 atom stereocenters. The monoisotopic (exact) mass is 267 g/mol. The Labute approximate surface area is 109 Å². The minimum absolute atomic E-state index is 0.0843. The van der Waals surface area contributed by atoms with Crippen molar-refractivity contribution >= 4 is 11.6 Å². The van der Waals surface area contributed by atoms with E-state index in [9.17, 15) is 19.3 Å². The molecule has 0 spiro atoms. The Bertz CT molecular complexity index is 547. The zero-order valence-electron chi connectivity index (χ0n) is 10.4. The minimum atomic E-state index is -0.712. The third kappa shape index (κ3) is 2.55. The van der Waals surface area contributed by atoms with E-state index in [1.165, 1.54) is 11.8 Å². The zero-order chi connectivity index (χ0) is 14.2. The lowest BCUT2D eigenvalue weighted by molar-refractivity contribution is -0.385. The van der Waals surface area contributed by atoms with E-state index in [0.717, 1.165) is 12.1 Å². The van der Waals surface area contributed by atoms with Gasteiger partial charge in [-0.3, -0.25) is 14.9 Å². The van der Waals surface area contributed by atoms with Crippen molar-refractivity contribution in [3.05, 3.63) is 39.2 Å². The molecule has 0 aromatic heterocycles. The molecule has 1 heterocycles. The van der Waals surface area contributed by atoms with Gasteiger partial charge in [0.2, 0.25) is 0 Å². The first kappa shape index (κ1) is 13.4. The van der Waals surface area contributed by atoms with E-state index in [1.807, 2.05) is 0 Å². The molecular formula is C12H14FN3O3. The number of nitro groups is 1. The summed E-state index contributed by atoms with van der Waals surface area (Å²) in [6, 6.07) is 1.97. The molecule has 0 bridgehead atoms. The van der Waals surface area contributed by atoms with Gasteiger partial charge in [-0.25, -0.2) is 4.39 Å². The molecule has 1 fully saturated rings. The van der Waals surface area contributed by atoms with E-state index < -0.39 is 16.6 Å². The largest absolute Gasteiger partial charge is 0.337 e. The second-order valence-electron chi connectivity index (χ2n) is 4.68. The molecule has 7 heteroatoms. The number of amides is 1. The van der Waals surface area contributed by atoms with Crippen molar-refractivity contribution in [1.29, 1.82) is 0 Å². The van der Waals surface area contributed by atoms with Gasteiger partial charge in [-0.2, -0.15) is 0 Å². The molecule has 0 radical (unpaired) electrons. The normalized spacial score (nSPS) is 18.7. The number of nitro benzene ring substituents is 1. The smallest absolute Gasteiger partial charge is 0.270 e.